The van der Waals surface area contributed by atoms with Crippen LogP contribution in [0, 0.1) is 6.92 Å². The highest BCUT2D eigenvalue weighted by atomic mass is 35.5. The van der Waals surface area contributed by atoms with Crippen molar-refractivity contribution in [1.82, 2.24) is 0 Å². The molecule has 20 heavy (non-hydrogen) atoms. The van der Waals surface area contributed by atoms with Gasteiger partial charge in [-0.1, -0.05) is 23.7 Å². The predicted molar refractivity (Wildman–Crippen MR) is 79.7 cm³/mol. The van der Waals surface area contributed by atoms with Crippen molar-refractivity contribution in [1.29, 1.82) is 0 Å². The van der Waals surface area contributed by atoms with Crippen molar-refractivity contribution in [2.75, 3.05) is 0 Å². The van der Waals surface area contributed by atoms with Gasteiger partial charge in [-0.2, -0.15) is 0 Å². The highest BCUT2D eigenvalue weighted by Gasteiger charge is 2.23. The number of ether oxygens (including phenoxy) is 1. The van der Waals surface area contributed by atoms with E-state index in [1.54, 1.807) is 18.2 Å². The number of aryl methyl sites for hydroxylation is 1. The summed E-state index contributed by atoms with van der Waals surface area (Å²) in [5.41, 5.74) is 2.22. The first-order chi connectivity index (χ1) is 9.61. The molecule has 0 atom stereocenters. The summed E-state index contributed by atoms with van der Waals surface area (Å²) in [7, 11) is 0. The maximum atomic E-state index is 12.5. The second kappa shape index (κ2) is 5.29. The molecule has 0 spiro atoms. The van der Waals surface area contributed by atoms with E-state index in [0.717, 1.165) is 24.2 Å². The number of halogens is 1. The van der Waals surface area contributed by atoms with Gasteiger partial charge in [0, 0.05) is 16.1 Å². The van der Waals surface area contributed by atoms with Gasteiger partial charge in [-0.05, 0) is 55.7 Å². The molecule has 1 aliphatic rings. The molecule has 2 aromatic rings. The third-order valence-electron chi connectivity index (χ3n) is 3.23. The predicted octanol–water partition coefficient (Wildman–Crippen LogP) is 4.42. The molecule has 1 aliphatic carbocycles. The van der Waals surface area contributed by atoms with Gasteiger partial charge in [-0.15, -0.1) is 0 Å². The number of hydrogen-bond donors (Lipinski definition) is 0. The normalized spacial score (nSPS) is 14.1. The zero-order chi connectivity index (χ0) is 14.1. The summed E-state index contributed by atoms with van der Waals surface area (Å²) in [6, 6.07) is 12.7. The van der Waals surface area contributed by atoms with E-state index >= 15 is 0 Å². The van der Waals surface area contributed by atoms with E-state index < -0.39 is 0 Å². The summed E-state index contributed by atoms with van der Waals surface area (Å²) in [6.07, 6.45) is 2.53. The number of benzene rings is 2. The minimum absolute atomic E-state index is 0.0307. The third-order valence-corrected chi connectivity index (χ3v) is 3.45. The summed E-state index contributed by atoms with van der Waals surface area (Å²) in [5.74, 6) is 0.731. The van der Waals surface area contributed by atoms with Crippen molar-refractivity contribution in [2.45, 2.75) is 25.9 Å². The molecule has 1 saturated carbocycles. The molecule has 0 aromatic heterocycles. The lowest BCUT2D eigenvalue weighted by Gasteiger charge is -2.07. The Hall–Kier alpha value is -1.80. The van der Waals surface area contributed by atoms with Gasteiger partial charge >= 0.3 is 0 Å². The lowest BCUT2D eigenvalue weighted by atomic mass is 10.0. The van der Waals surface area contributed by atoms with E-state index in [2.05, 4.69) is 0 Å². The Balaban J connectivity index is 1.88. The number of hydrogen-bond acceptors (Lipinski definition) is 2. The van der Waals surface area contributed by atoms with Gasteiger partial charge in [0.1, 0.15) is 5.75 Å². The van der Waals surface area contributed by atoms with Gasteiger partial charge in [0.15, 0.2) is 5.78 Å². The molecule has 0 heterocycles. The Labute approximate surface area is 123 Å². The lowest BCUT2D eigenvalue weighted by molar-refractivity contribution is 0.103. The molecule has 0 unspecified atom stereocenters. The fourth-order valence-corrected chi connectivity index (χ4v) is 2.41. The molecule has 0 radical (unpaired) electrons. The van der Waals surface area contributed by atoms with Crippen LogP contribution in [0.2, 0.25) is 5.02 Å². The number of ketones is 1. The molecule has 3 heteroatoms. The van der Waals surface area contributed by atoms with Gasteiger partial charge in [0.2, 0.25) is 0 Å². The fraction of sp³-hybridized carbons (Fsp3) is 0.235. The molecule has 0 amide bonds. The Kier molecular flexibility index (Phi) is 3.49. The van der Waals surface area contributed by atoms with Crippen LogP contribution in [-0.2, 0) is 0 Å². The van der Waals surface area contributed by atoms with Gasteiger partial charge in [-0.25, -0.2) is 0 Å². The highest BCUT2D eigenvalue weighted by Crippen LogP contribution is 2.27. The third kappa shape index (κ3) is 3.02. The average molecular weight is 287 g/mol. The van der Waals surface area contributed by atoms with Crippen molar-refractivity contribution >= 4 is 17.4 Å². The molecule has 0 saturated heterocycles. The maximum absolute atomic E-state index is 12.5. The van der Waals surface area contributed by atoms with Crippen LogP contribution in [0.15, 0.2) is 42.5 Å². The number of carbonyl (C=O) groups is 1. The standard InChI is InChI=1S/C17H15ClO2/c1-11-7-13(9-14(18)8-11)17(19)12-3-2-4-16(10-12)20-15-5-6-15/h2-4,7-10,15H,5-6H2,1H3. The Bertz CT molecular complexity index is 640. The lowest BCUT2D eigenvalue weighted by Crippen LogP contribution is -2.03. The van der Waals surface area contributed by atoms with Crippen molar-refractivity contribution in [2.24, 2.45) is 0 Å². The quantitative estimate of drug-likeness (QED) is 0.778. The molecule has 0 N–H and O–H groups in total. The second-order valence-electron chi connectivity index (χ2n) is 5.19. The van der Waals surface area contributed by atoms with Crippen LogP contribution in [0.1, 0.15) is 34.3 Å². The first-order valence-electron chi connectivity index (χ1n) is 6.70. The van der Waals surface area contributed by atoms with E-state index in [-0.39, 0.29) is 5.78 Å². The smallest absolute Gasteiger partial charge is 0.193 e. The molecule has 3 rings (SSSR count). The van der Waals surface area contributed by atoms with Gasteiger partial charge in [-0.3, -0.25) is 4.79 Å². The number of rotatable bonds is 4. The fourth-order valence-electron chi connectivity index (χ4n) is 2.12. The van der Waals surface area contributed by atoms with Crippen LogP contribution in [0.5, 0.6) is 5.75 Å². The largest absolute Gasteiger partial charge is 0.490 e. The Morgan fingerprint density at radius 2 is 1.95 bits per heavy atom. The van der Waals surface area contributed by atoms with Crippen molar-refractivity contribution in [3.05, 3.63) is 64.2 Å². The van der Waals surface area contributed by atoms with Crippen molar-refractivity contribution in [3.8, 4) is 5.75 Å². The van der Waals surface area contributed by atoms with Crippen LogP contribution >= 0.6 is 11.6 Å². The second-order valence-corrected chi connectivity index (χ2v) is 5.63. The molecule has 0 aliphatic heterocycles. The van der Waals surface area contributed by atoms with Crippen molar-refractivity contribution in [3.63, 3.8) is 0 Å². The summed E-state index contributed by atoms with van der Waals surface area (Å²) in [6.45, 7) is 1.93. The molecule has 2 aromatic carbocycles. The molecule has 102 valence electrons. The maximum Gasteiger partial charge on any atom is 0.193 e. The van der Waals surface area contributed by atoms with Crippen LogP contribution in [0.3, 0.4) is 0 Å². The number of carbonyl (C=O) groups excluding carboxylic acids is 1. The summed E-state index contributed by atoms with van der Waals surface area (Å²) >= 11 is 6.01. The Morgan fingerprint density at radius 1 is 1.15 bits per heavy atom. The van der Waals surface area contributed by atoms with E-state index in [0.29, 0.717) is 22.3 Å². The molecule has 2 nitrogen and oxygen atoms in total. The van der Waals surface area contributed by atoms with E-state index in [9.17, 15) is 4.79 Å². The van der Waals surface area contributed by atoms with E-state index in [4.69, 9.17) is 16.3 Å². The van der Waals surface area contributed by atoms with Gasteiger partial charge in [0.25, 0.3) is 0 Å². The van der Waals surface area contributed by atoms with Crippen LogP contribution in [0.25, 0.3) is 0 Å². The minimum atomic E-state index is -0.0307. The highest BCUT2D eigenvalue weighted by molar-refractivity contribution is 6.31. The van der Waals surface area contributed by atoms with E-state index in [1.165, 1.54) is 0 Å². The average Bonchev–Trinajstić information content (AvgIpc) is 3.21. The SMILES string of the molecule is Cc1cc(Cl)cc(C(=O)c2cccc(OC3CC3)c2)c1. The molecular weight excluding hydrogens is 272 g/mol. The summed E-state index contributed by atoms with van der Waals surface area (Å²) < 4.78 is 5.72. The molecule has 0 bridgehead atoms. The van der Waals surface area contributed by atoms with Gasteiger partial charge in [0.05, 0.1) is 6.10 Å². The van der Waals surface area contributed by atoms with Crippen LogP contribution in [-0.4, -0.2) is 11.9 Å². The van der Waals surface area contributed by atoms with Gasteiger partial charge < -0.3 is 4.74 Å². The monoisotopic (exact) mass is 286 g/mol. The molecular formula is C17H15ClO2. The molecule has 1 fully saturated rings. The Morgan fingerprint density at radius 3 is 2.65 bits per heavy atom. The van der Waals surface area contributed by atoms with Crippen LogP contribution < -0.4 is 4.74 Å². The zero-order valence-electron chi connectivity index (χ0n) is 11.2. The first-order valence-corrected chi connectivity index (χ1v) is 7.08. The van der Waals surface area contributed by atoms with Crippen molar-refractivity contribution < 1.29 is 9.53 Å². The summed E-state index contributed by atoms with van der Waals surface area (Å²) in [5, 5.41) is 0.582. The first kappa shape index (κ1) is 13.2. The summed E-state index contributed by atoms with van der Waals surface area (Å²) in [4.78, 5) is 12.5. The van der Waals surface area contributed by atoms with E-state index in [1.807, 2.05) is 31.2 Å². The zero-order valence-corrected chi connectivity index (χ0v) is 12.0. The minimum Gasteiger partial charge on any atom is -0.490 e. The van der Waals surface area contributed by atoms with Crippen LogP contribution in [0.4, 0.5) is 0 Å². The topological polar surface area (TPSA) is 26.3 Å².